The fourth-order valence-corrected chi connectivity index (χ4v) is 4.37. The van der Waals surface area contributed by atoms with Gasteiger partial charge in [0, 0.05) is 36.8 Å². The molecule has 4 aromatic rings. The Morgan fingerprint density at radius 3 is 2.74 bits per heavy atom. The van der Waals surface area contributed by atoms with E-state index in [2.05, 4.69) is 37.5 Å². The molecule has 0 radical (unpaired) electrons. The summed E-state index contributed by atoms with van der Waals surface area (Å²) in [6, 6.07) is 18.0. The third-order valence-corrected chi connectivity index (χ3v) is 6.10. The molecule has 0 unspecified atom stereocenters. The number of ether oxygens (including phenoxy) is 1. The predicted molar refractivity (Wildman–Crippen MR) is 132 cm³/mol. The summed E-state index contributed by atoms with van der Waals surface area (Å²) in [7, 11) is 0. The van der Waals surface area contributed by atoms with E-state index >= 15 is 0 Å². The topological polar surface area (TPSA) is 96.0 Å². The molecule has 0 saturated carbocycles. The molecule has 2 aromatic heterocycles. The monoisotopic (exact) mass is 474 g/mol. The molecule has 0 saturated heterocycles. The van der Waals surface area contributed by atoms with E-state index in [9.17, 15) is 4.79 Å². The molecule has 2 N–H and O–H groups in total. The number of aromatic amines is 1. The summed E-state index contributed by atoms with van der Waals surface area (Å²) in [5.74, 6) is 3.54. The number of anilines is 2. The molecule has 1 amide bonds. The van der Waals surface area contributed by atoms with E-state index in [0.717, 1.165) is 48.1 Å². The molecule has 9 heteroatoms. The van der Waals surface area contributed by atoms with Gasteiger partial charge < -0.3 is 15.0 Å². The van der Waals surface area contributed by atoms with Gasteiger partial charge in [-0.3, -0.25) is 4.79 Å². The molecule has 2 aromatic carbocycles. The van der Waals surface area contributed by atoms with Crippen LogP contribution in [0.4, 0.5) is 11.8 Å². The first-order valence-corrected chi connectivity index (χ1v) is 11.0. The molecule has 0 aliphatic carbocycles. The average Bonchev–Trinajstić information content (AvgIpc) is 3.35. The first kappa shape index (κ1) is 21.9. The maximum atomic E-state index is 11.7. The maximum Gasteiger partial charge on any atom is 0.225 e. The third-order valence-electron chi connectivity index (χ3n) is 6.10. The van der Waals surface area contributed by atoms with E-state index in [0.29, 0.717) is 24.5 Å². The van der Waals surface area contributed by atoms with Crippen LogP contribution in [0.25, 0.3) is 11.4 Å². The zero-order valence-electron chi connectivity index (χ0n) is 18.3. The van der Waals surface area contributed by atoms with Gasteiger partial charge in [-0.25, -0.2) is 10.1 Å². The second kappa shape index (κ2) is 9.15. The molecular weight excluding hydrogens is 452 g/mol. The van der Waals surface area contributed by atoms with Crippen LogP contribution >= 0.6 is 12.4 Å². The van der Waals surface area contributed by atoms with Crippen molar-refractivity contribution in [3.05, 3.63) is 77.5 Å². The number of hydrogen-bond donors (Lipinski definition) is 2. The summed E-state index contributed by atoms with van der Waals surface area (Å²) < 4.78 is 6.24. The molecule has 0 spiro atoms. The highest BCUT2D eigenvalue weighted by Crippen LogP contribution is 2.34. The Bertz CT molecular complexity index is 1340. The van der Waals surface area contributed by atoms with E-state index in [4.69, 9.17) is 9.72 Å². The molecule has 0 fully saturated rings. The smallest absolute Gasteiger partial charge is 0.225 e. The van der Waals surface area contributed by atoms with Crippen LogP contribution in [0.5, 0.6) is 11.5 Å². The Labute approximate surface area is 202 Å². The quantitative estimate of drug-likeness (QED) is 0.451. The number of amides is 1. The molecule has 8 nitrogen and oxygen atoms in total. The van der Waals surface area contributed by atoms with Gasteiger partial charge in [0.15, 0.2) is 5.82 Å². The van der Waals surface area contributed by atoms with Gasteiger partial charge in [-0.1, -0.05) is 36.4 Å². The van der Waals surface area contributed by atoms with E-state index in [-0.39, 0.29) is 18.3 Å². The number of halogens is 1. The van der Waals surface area contributed by atoms with Gasteiger partial charge in [-0.15, -0.1) is 12.4 Å². The highest BCUT2D eigenvalue weighted by molar-refractivity contribution is 5.93. The van der Waals surface area contributed by atoms with Gasteiger partial charge in [-0.2, -0.15) is 10.1 Å². The number of pyridine rings is 1. The minimum Gasteiger partial charge on any atom is -0.457 e. The summed E-state index contributed by atoms with van der Waals surface area (Å²) in [5.41, 5.74) is 4.44. The predicted octanol–water partition coefficient (Wildman–Crippen LogP) is 4.53. The van der Waals surface area contributed by atoms with Crippen molar-refractivity contribution in [3.63, 3.8) is 0 Å². The van der Waals surface area contributed by atoms with Crippen molar-refractivity contribution in [2.24, 2.45) is 0 Å². The highest BCUT2D eigenvalue weighted by Gasteiger charge is 2.22. The Morgan fingerprint density at radius 2 is 1.85 bits per heavy atom. The van der Waals surface area contributed by atoms with E-state index < -0.39 is 0 Å². The van der Waals surface area contributed by atoms with E-state index in [1.807, 2.05) is 42.5 Å². The van der Waals surface area contributed by atoms with Gasteiger partial charge in [0.05, 0.1) is 0 Å². The normalized spacial score (nSPS) is 14.5. The number of benzene rings is 2. The molecule has 0 atom stereocenters. The summed E-state index contributed by atoms with van der Waals surface area (Å²) in [4.78, 5) is 22.9. The van der Waals surface area contributed by atoms with Crippen molar-refractivity contribution in [2.75, 3.05) is 16.8 Å². The number of nitrogens with one attached hydrogen (secondary N) is 2. The van der Waals surface area contributed by atoms with Crippen LogP contribution in [0, 0.1) is 0 Å². The highest BCUT2D eigenvalue weighted by atomic mass is 35.5. The van der Waals surface area contributed by atoms with Crippen LogP contribution in [0.15, 0.2) is 60.8 Å². The Balaban J connectivity index is 0.00000241. The fourth-order valence-electron chi connectivity index (χ4n) is 4.37. The molecule has 6 rings (SSSR count). The number of rotatable bonds is 4. The van der Waals surface area contributed by atoms with Crippen molar-refractivity contribution in [1.82, 2.24) is 20.2 Å². The molecule has 34 heavy (non-hydrogen) atoms. The van der Waals surface area contributed by atoms with Crippen LogP contribution < -0.4 is 15.0 Å². The Hall–Kier alpha value is -3.91. The number of carbonyl (C=O) groups is 1. The van der Waals surface area contributed by atoms with Crippen LogP contribution in [0.2, 0.25) is 0 Å². The summed E-state index contributed by atoms with van der Waals surface area (Å²) >= 11 is 0. The Morgan fingerprint density at radius 1 is 0.971 bits per heavy atom. The largest absolute Gasteiger partial charge is 0.457 e. The molecular formula is C25H23ClN6O2. The minimum absolute atomic E-state index is 0. The van der Waals surface area contributed by atoms with Crippen LogP contribution in [0.3, 0.4) is 0 Å². The SMILES string of the molecule is Cl.O=C1CCc2c(Oc3ccc4c(c3)CN(c3nc(-c5ccccc5)n[nH]3)CC4)ccnc2N1. The lowest BCUT2D eigenvalue weighted by atomic mass is 9.99. The number of carbonyl (C=O) groups excluding carboxylic acids is 1. The van der Waals surface area contributed by atoms with E-state index in [1.165, 1.54) is 11.1 Å². The summed E-state index contributed by atoms with van der Waals surface area (Å²) in [6.07, 6.45) is 3.65. The van der Waals surface area contributed by atoms with Gasteiger partial charge in [0.2, 0.25) is 11.9 Å². The molecule has 2 aliphatic rings. The van der Waals surface area contributed by atoms with E-state index in [1.54, 1.807) is 6.20 Å². The number of aromatic nitrogens is 4. The van der Waals surface area contributed by atoms with Crippen molar-refractivity contribution < 1.29 is 9.53 Å². The average molecular weight is 475 g/mol. The minimum atomic E-state index is -0.0103. The lowest BCUT2D eigenvalue weighted by molar-refractivity contribution is -0.116. The van der Waals surface area contributed by atoms with Crippen molar-refractivity contribution in [1.29, 1.82) is 0 Å². The van der Waals surface area contributed by atoms with Crippen molar-refractivity contribution in [3.8, 4) is 22.9 Å². The first-order valence-electron chi connectivity index (χ1n) is 11.0. The third kappa shape index (κ3) is 4.20. The zero-order valence-corrected chi connectivity index (χ0v) is 19.1. The van der Waals surface area contributed by atoms with Crippen molar-refractivity contribution >= 4 is 30.1 Å². The molecule has 0 bridgehead atoms. The van der Waals surface area contributed by atoms with Gasteiger partial charge in [0.25, 0.3) is 0 Å². The summed E-state index contributed by atoms with van der Waals surface area (Å²) in [6.45, 7) is 1.59. The van der Waals surface area contributed by atoms with Gasteiger partial charge in [-0.05, 0) is 42.2 Å². The summed E-state index contributed by atoms with van der Waals surface area (Å²) in [5, 5.41) is 10.3. The van der Waals surface area contributed by atoms with Crippen LogP contribution in [-0.4, -0.2) is 32.6 Å². The lowest BCUT2D eigenvalue weighted by Crippen LogP contribution is -2.31. The van der Waals surface area contributed by atoms with Crippen LogP contribution in [-0.2, 0) is 24.2 Å². The number of hydrogen-bond acceptors (Lipinski definition) is 6. The molecule has 4 heterocycles. The fraction of sp³-hybridized carbons (Fsp3) is 0.200. The maximum absolute atomic E-state index is 11.7. The molecule has 2 aliphatic heterocycles. The zero-order chi connectivity index (χ0) is 22.2. The number of H-pyrrole nitrogens is 1. The van der Waals surface area contributed by atoms with Crippen LogP contribution in [0.1, 0.15) is 23.1 Å². The standard InChI is InChI=1S/C25H22N6O2.ClH/c32-22-9-8-20-21(10-12-26-24(20)27-22)33-19-7-6-16-11-13-31(15-18(16)14-19)25-28-23(29-30-25)17-4-2-1-3-5-17;/h1-7,10,12,14H,8-9,11,13,15H2,(H,26,27,32)(H,28,29,30);1H. The lowest BCUT2D eigenvalue weighted by Gasteiger charge is -2.28. The van der Waals surface area contributed by atoms with Crippen molar-refractivity contribution in [2.45, 2.75) is 25.8 Å². The number of fused-ring (bicyclic) bond motifs is 2. The Kier molecular flexibility index (Phi) is 5.90. The van der Waals surface area contributed by atoms with Gasteiger partial charge >= 0.3 is 0 Å². The number of nitrogens with zero attached hydrogens (tertiary/aromatic N) is 4. The molecule has 172 valence electrons. The second-order valence-corrected chi connectivity index (χ2v) is 8.24. The van der Waals surface area contributed by atoms with Gasteiger partial charge in [0.1, 0.15) is 17.3 Å². The second-order valence-electron chi connectivity index (χ2n) is 8.24. The first-order chi connectivity index (χ1) is 16.2.